The maximum absolute atomic E-state index is 13.7. The van der Waals surface area contributed by atoms with E-state index in [1.54, 1.807) is 37.3 Å². The Morgan fingerprint density at radius 3 is 2.22 bits per heavy atom. The first-order valence-corrected chi connectivity index (χ1v) is 18.0. The Morgan fingerprint density at radius 2 is 1.64 bits per heavy atom. The molecule has 0 bridgehead atoms. The molecule has 1 aliphatic rings. The van der Waals surface area contributed by atoms with Gasteiger partial charge in [0.1, 0.15) is 18.4 Å². The van der Waals surface area contributed by atoms with Crippen molar-refractivity contribution in [3.05, 3.63) is 42.0 Å². The predicted octanol–water partition coefficient (Wildman–Crippen LogP) is 5.76. The van der Waals surface area contributed by atoms with Gasteiger partial charge in [0, 0.05) is 39.4 Å². The highest BCUT2D eigenvalue weighted by Gasteiger charge is 2.47. The Kier molecular flexibility index (Phi) is 20.4. The Morgan fingerprint density at radius 1 is 1.00 bits per heavy atom. The second-order valence-electron chi connectivity index (χ2n) is 12.8. The molecule has 0 spiro atoms. The molecule has 3 N–H and O–H groups in total. The smallest absolute Gasteiger partial charge is 0.336 e. The van der Waals surface area contributed by atoms with Crippen LogP contribution < -0.4 is 10.1 Å². The Bertz CT molecular complexity index is 1230. The molecule has 0 saturated carbocycles. The van der Waals surface area contributed by atoms with Crippen molar-refractivity contribution < 1.29 is 48.3 Å². The fraction of sp³-hybridized carbons (Fsp3) is 0.667. The van der Waals surface area contributed by atoms with Crippen molar-refractivity contribution in [1.29, 1.82) is 0 Å². The van der Waals surface area contributed by atoms with Crippen LogP contribution >= 0.6 is 0 Å². The molecule has 2 unspecified atom stereocenters. The summed E-state index contributed by atoms with van der Waals surface area (Å²) in [6.45, 7) is 5.36. The highest BCUT2D eigenvalue weighted by molar-refractivity contribution is 5.92. The lowest BCUT2D eigenvalue weighted by molar-refractivity contribution is -0.169. The summed E-state index contributed by atoms with van der Waals surface area (Å²) in [6.07, 6.45) is 15.0. The summed E-state index contributed by atoms with van der Waals surface area (Å²) in [5.74, 6) is 1.13. The van der Waals surface area contributed by atoms with E-state index in [0.717, 1.165) is 44.9 Å². The summed E-state index contributed by atoms with van der Waals surface area (Å²) in [4.78, 5) is 38.8. The van der Waals surface area contributed by atoms with Gasteiger partial charge in [-0.25, -0.2) is 9.59 Å². The second-order valence-corrected chi connectivity index (χ2v) is 12.8. The number of rotatable bonds is 26. The number of carboxylic acids is 1. The number of methoxy groups -OCH3 is 2. The normalized spacial score (nSPS) is 16.2. The first kappa shape index (κ1) is 42.7. The third-order valence-electron chi connectivity index (χ3n) is 8.99. The van der Waals surface area contributed by atoms with Crippen molar-refractivity contribution in [2.45, 2.75) is 121 Å². The molecule has 1 fully saturated rings. The molecule has 0 aromatic heterocycles. The zero-order valence-corrected chi connectivity index (χ0v) is 30.5. The van der Waals surface area contributed by atoms with Gasteiger partial charge < -0.3 is 39.2 Å². The van der Waals surface area contributed by atoms with Crippen LogP contribution in [0.25, 0.3) is 0 Å². The molecule has 1 aromatic carbocycles. The van der Waals surface area contributed by atoms with Crippen LogP contribution in [0.4, 0.5) is 0 Å². The fourth-order valence-electron chi connectivity index (χ4n) is 6.01. The number of ether oxygens (including phenoxy) is 5. The Balaban J connectivity index is 2.03. The molecule has 11 heteroatoms. The Hall–Kier alpha value is -3.43. The molecule has 0 radical (unpaired) electrons. The van der Waals surface area contributed by atoms with Gasteiger partial charge in [-0.2, -0.15) is 0 Å². The van der Waals surface area contributed by atoms with Crippen LogP contribution in [0.15, 0.2) is 36.4 Å². The van der Waals surface area contributed by atoms with E-state index in [-0.39, 0.29) is 26.1 Å². The molecule has 1 aliphatic heterocycles. The van der Waals surface area contributed by atoms with Crippen LogP contribution in [-0.4, -0.2) is 86.1 Å². The van der Waals surface area contributed by atoms with Crippen LogP contribution in [0.3, 0.4) is 0 Å². The van der Waals surface area contributed by atoms with Gasteiger partial charge >= 0.3 is 11.9 Å². The van der Waals surface area contributed by atoms with Crippen molar-refractivity contribution in [3.8, 4) is 17.6 Å². The molecule has 1 saturated heterocycles. The van der Waals surface area contributed by atoms with E-state index in [2.05, 4.69) is 24.1 Å². The maximum atomic E-state index is 13.7. The van der Waals surface area contributed by atoms with Crippen LogP contribution in [0.1, 0.15) is 103 Å². The fourth-order valence-corrected chi connectivity index (χ4v) is 6.01. The summed E-state index contributed by atoms with van der Waals surface area (Å²) >= 11 is 0. The van der Waals surface area contributed by atoms with Gasteiger partial charge in [0.25, 0.3) is 0 Å². The van der Waals surface area contributed by atoms with Crippen LogP contribution in [-0.2, 0) is 39.8 Å². The van der Waals surface area contributed by atoms with E-state index in [1.807, 2.05) is 0 Å². The standard InChI is InChI=1S/C39H59NO10/c1-5-7-9-13-16-23-38(49-28-29-50-38)24-17-14-11-10-12-15-18-33(39(45,37(43)44)25-27-46-3)35(41)40-34(36(42)47-4)30-31-19-21-32(22-20-31)48-26-8-6-2/h15,18-22,33-34,45H,5,7,9-14,16-17,23-30H2,1-4H3,(H,40,41)(H,43,44)/t33?,34-,39?/m0/s1. The van der Waals surface area contributed by atoms with Gasteiger partial charge in [-0.1, -0.05) is 75.7 Å². The van der Waals surface area contributed by atoms with E-state index in [1.165, 1.54) is 46.0 Å². The third-order valence-corrected chi connectivity index (χ3v) is 8.99. The number of carboxylic acid groups (broad SMARTS) is 1. The number of hydrogen-bond donors (Lipinski definition) is 3. The molecule has 1 aromatic rings. The molecule has 280 valence electrons. The summed E-state index contributed by atoms with van der Waals surface area (Å²) in [6, 6.07) is 5.83. The highest BCUT2D eigenvalue weighted by Crippen LogP contribution is 2.32. The van der Waals surface area contributed by atoms with E-state index in [4.69, 9.17) is 23.7 Å². The van der Waals surface area contributed by atoms with Gasteiger partial charge in [-0.15, -0.1) is 5.92 Å². The van der Waals surface area contributed by atoms with Crippen molar-refractivity contribution >= 4 is 17.8 Å². The number of carbonyl (C=O) groups excluding carboxylic acids is 2. The summed E-state index contributed by atoms with van der Waals surface area (Å²) in [7, 11) is 2.59. The predicted molar refractivity (Wildman–Crippen MR) is 190 cm³/mol. The summed E-state index contributed by atoms with van der Waals surface area (Å²) < 4.78 is 27.6. The van der Waals surface area contributed by atoms with E-state index in [0.29, 0.717) is 30.9 Å². The maximum Gasteiger partial charge on any atom is 0.336 e. The van der Waals surface area contributed by atoms with Crippen molar-refractivity contribution in [2.75, 3.05) is 40.6 Å². The van der Waals surface area contributed by atoms with Gasteiger partial charge in [-0.05, 0) is 50.3 Å². The molecule has 3 atom stereocenters. The molecule has 1 heterocycles. The molecular weight excluding hydrogens is 642 g/mol. The van der Waals surface area contributed by atoms with E-state index < -0.39 is 41.2 Å². The minimum absolute atomic E-state index is 0.0731. The Labute approximate surface area is 298 Å². The summed E-state index contributed by atoms with van der Waals surface area (Å²) in [5.41, 5.74) is -1.76. The number of benzene rings is 1. The molecule has 11 nitrogen and oxygen atoms in total. The van der Waals surface area contributed by atoms with Crippen molar-refractivity contribution in [3.63, 3.8) is 0 Å². The number of aliphatic hydroxyl groups is 1. The quantitative estimate of drug-likeness (QED) is 0.0471. The van der Waals surface area contributed by atoms with Crippen LogP contribution in [0.2, 0.25) is 0 Å². The lowest BCUT2D eigenvalue weighted by atomic mass is 9.83. The van der Waals surface area contributed by atoms with Gasteiger partial charge in [0.2, 0.25) is 5.91 Å². The van der Waals surface area contributed by atoms with Crippen molar-refractivity contribution in [1.82, 2.24) is 5.32 Å². The largest absolute Gasteiger partial charge is 0.481 e. The highest BCUT2D eigenvalue weighted by atomic mass is 16.7. The number of nitrogens with one attached hydrogen (secondary N) is 1. The van der Waals surface area contributed by atoms with Gasteiger partial charge in [0.05, 0.1) is 26.2 Å². The van der Waals surface area contributed by atoms with Gasteiger partial charge in [0.15, 0.2) is 11.4 Å². The SMILES string of the molecule is CC#CCOc1ccc(C[C@H](NC(=O)C(C=CCCCCCCC2(CCCCCCC)OCCO2)C(O)(CCOC)C(=O)O)C(=O)OC)cc1. The number of hydrogen-bond acceptors (Lipinski definition) is 9. The van der Waals surface area contributed by atoms with E-state index in [9.17, 15) is 24.6 Å². The summed E-state index contributed by atoms with van der Waals surface area (Å²) in [5, 5.41) is 24.0. The molecule has 50 heavy (non-hydrogen) atoms. The number of carbonyl (C=O) groups is 3. The molecule has 2 rings (SSSR count). The molecule has 0 aliphatic carbocycles. The minimum atomic E-state index is -2.47. The third kappa shape index (κ3) is 14.8. The zero-order chi connectivity index (χ0) is 36.7. The zero-order valence-electron chi connectivity index (χ0n) is 30.5. The number of unbranched alkanes of at least 4 members (excludes halogenated alkanes) is 8. The average molecular weight is 702 g/mol. The lowest BCUT2D eigenvalue weighted by Crippen LogP contribution is -2.55. The van der Waals surface area contributed by atoms with Crippen LogP contribution in [0.5, 0.6) is 5.75 Å². The number of aliphatic carboxylic acids is 1. The number of esters is 1. The van der Waals surface area contributed by atoms with Crippen LogP contribution in [0, 0.1) is 17.8 Å². The second kappa shape index (κ2) is 23.9. The minimum Gasteiger partial charge on any atom is -0.481 e. The number of allylic oxidation sites excluding steroid dienone is 1. The monoisotopic (exact) mass is 701 g/mol. The molecule has 1 amide bonds. The van der Waals surface area contributed by atoms with Gasteiger partial charge in [-0.3, -0.25) is 4.79 Å². The topological polar surface area (TPSA) is 150 Å². The van der Waals surface area contributed by atoms with Crippen molar-refractivity contribution in [2.24, 2.45) is 5.92 Å². The molecular formula is C39H59NO10. The lowest BCUT2D eigenvalue weighted by Gasteiger charge is -2.30. The first-order valence-electron chi connectivity index (χ1n) is 18.0. The van der Waals surface area contributed by atoms with E-state index >= 15 is 0 Å². The first-order chi connectivity index (χ1) is 24.1. The number of amides is 1. The average Bonchev–Trinajstić information content (AvgIpc) is 3.58.